The summed E-state index contributed by atoms with van der Waals surface area (Å²) < 4.78 is 5.42. The summed E-state index contributed by atoms with van der Waals surface area (Å²) in [6.07, 6.45) is 14.7. The predicted molar refractivity (Wildman–Crippen MR) is 79.0 cm³/mol. The molecule has 0 rings (SSSR count). The molecule has 0 radical (unpaired) electrons. The third kappa shape index (κ3) is 12.4. The van der Waals surface area contributed by atoms with Crippen LogP contribution in [0, 0.1) is 0 Å². The highest BCUT2D eigenvalue weighted by Crippen LogP contribution is 2.12. The van der Waals surface area contributed by atoms with Gasteiger partial charge in [0, 0.05) is 6.61 Å². The van der Waals surface area contributed by atoms with Crippen molar-refractivity contribution in [2.24, 2.45) is 0 Å². The zero-order valence-electron chi connectivity index (χ0n) is 12.6. The van der Waals surface area contributed by atoms with E-state index in [0.717, 1.165) is 6.42 Å². The summed E-state index contributed by atoms with van der Waals surface area (Å²) >= 11 is 0. The highest BCUT2D eigenvalue weighted by molar-refractivity contribution is 4.56. The van der Waals surface area contributed by atoms with Gasteiger partial charge in [0.2, 0.25) is 0 Å². The van der Waals surface area contributed by atoms with Gasteiger partial charge in [-0.25, -0.2) is 0 Å². The highest BCUT2D eigenvalue weighted by atomic mass is 16.5. The number of unbranched alkanes of at least 4 members (excludes halogenated alkanes) is 9. The van der Waals surface area contributed by atoms with E-state index in [4.69, 9.17) is 9.84 Å². The second-order valence-corrected chi connectivity index (χ2v) is 5.23. The van der Waals surface area contributed by atoms with Crippen molar-refractivity contribution in [1.82, 2.24) is 0 Å². The van der Waals surface area contributed by atoms with Crippen molar-refractivity contribution in [2.75, 3.05) is 13.2 Å². The fraction of sp³-hybridized carbons (Fsp3) is 1.00. The number of rotatable bonds is 14. The van der Waals surface area contributed by atoms with E-state index in [2.05, 4.69) is 6.92 Å². The van der Waals surface area contributed by atoms with E-state index in [1.165, 1.54) is 64.2 Å². The largest absolute Gasteiger partial charge is 0.394 e. The normalized spacial score (nSPS) is 12.8. The van der Waals surface area contributed by atoms with Crippen molar-refractivity contribution in [3.05, 3.63) is 0 Å². The quantitative estimate of drug-likeness (QED) is 0.458. The molecule has 0 aliphatic rings. The first-order chi connectivity index (χ1) is 8.85. The Hall–Kier alpha value is -0.0800. The van der Waals surface area contributed by atoms with Gasteiger partial charge in [0.05, 0.1) is 12.7 Å². The van der Waals surface area contributed by atoms with Gasteiger partial charge in [0.1, 0.15) is 0 Å². The predicted octanol–water partition coefficient (Wildman–Crippen LogP) is 4.69. The molecule has 1 unspecified atom stereocenters. The van der Waals surface area contributed by atoms with Crippen LogP contribution < -0.4 is 0 Å². The first-order valence-electron chi connectivity index (χ1n) is 8.07. The van der Waals surface area contributed by atoms with Crippen molar-refractivity contribution in [2.45, 2.75) is 90.6 Å². The molecule has 0 saturated carbocycles. The van der Waals surface area contributed by atoms with Gasteiger partial charge in [-0.1, -0.05) is 71.1 Å². The first-order valence-corrected chi connectivity index (χ1v) is 8.07. The van der Waals surface area contributed by atoms with Gasteiger partial charge in [-0.05, 0) is 13.3 Å². The van der Waals surface area contributed by atoms with E-state index in [9.17, 15) is 0 Å². The molecule has 0 spiro atoms. The summed E-state index contributed by atoms with van der Waals surface area (Å²) in [5, 5.41) is 9.08. The Balaban J connectivity index is 3.10. The molecule has 1 N–H and O–H groups in total. The molecule has 0 bridgehead atoms. The second-order valence-electron chi connectivity index (χ2n) is 5.23. The van der Waals surface area contributed by atoms with Crippen molar-refractivity contribution in [3.63, 3.8) is 0 Å². The maximum Gasteiger partial charge on any atom is 0.0805 e. The summed E-state index contributed by atoms with van der Waals surface area (Å²) in [6, 6.07) is 0. The number of hydrogen-bond donors (Lipinski definition) is 1. The van der Waals surface area contributed by atoms with E-state index < -0.39 is 0 Å². The molecule has 1 atom stereocenters. The maximum absolute atomic E-state index is 9.08. The number of ether oxygens (including phenoxy) is 1. The van der Waals surface area contributed by atoms with Gasteiger partial charge in [0.15, 0.2) is 0 Å². The molecule has 0 aromatic heterocycles. The summed E-state index contributed by atoms with van der Waals surface area (Å²) in [6.45, 7) is 5.14. The lowest BCUT2D eigenvalue weighted by Crippen LogP contribution is -2.17. The van der Waals surface area contributed by atoms with Crippen LogP contribution in [0.5, 0.6) is 0 Å². The van der Waals surface area contributed by atoms with Crippen LogP contribution in [-0.2, 0) is 4.74 Å². The Bertz CT molecular complexity index is 148. The third-order valence-corrected chi connectivity index (χ3v) is 3.49. The van der Waals surface area contributed by atoms with Crippen LogP contribution in [0.15, 0.2) is 0 Å². The lowest BCUT2D eigenvalue weighted by Gasteiger charge is -2.13. The lowest BCUT2D eigenvalue weighted by atomic mass is 10.0. The van der Waals surface area contributed by atoms with Gasteiger partial charge >= 0.3 is 0 Å². The summed E-state index contributed by atoms with van der Waals surface area (Å²) in [4.78, 5) is 0. The van der Waals surface area contributed by atoms with Gasteiger partial charge < -0.3 is 9.84 Å². The fourth-order valence-corrected chi connectivity index (χ4v) is 2.32. The topological polar surface area (TPSA) is 29.5 Å². The molecular formula is C16H34O2. The van der Waals surface area contributed by atoms with Gasteiger partial charge in [-0.15, -0.1) is 0 Å². The number of hydrogen-bond acceptors (Lipinski definition) is 2. The van der Waals surface area contributed by atoms with E-state index in [1.807, 2.05) is 6.92 Å². The zero-order valence-corrected chi connectivity index (χ0v) is 12.6. The summed E-state index contributed by atoms with van der Waals surface area (Å²) in [7, 11) is 0. The SMILES string of the molecule is CCCCCCCCCCCCC(CO)OCC. The molecule has 2 heteroatoms. The monoisotopic (exact) mass is 258 g/mol. The average molecular weight is 258 g/mol. The van der Waals surface area contributed by atoms with Crippen LogP contribution in [0.2, 0.25) is 0 Å². The van der Waals surface area contributed by atoms with Crippen LogP contribution in [0.25, 0.3) is 0 Å². The Kier molecular flexibility index (Phi) is 14.9. The van der Waals surface area contributed by atoms with Crippen LogP contribution in [0.4, 0.5) is 0 Å². The van der Waals surface area contributed by atoms with Crippen molar-refractivity contribution in [1.29, 1.82) is 0 Å². The minimum absolute atomic E-state index is 0.0732. The highest BCUT2D eigenvalue weighted by Gasteiger charge is 2.05. The molecule has 0 aliphatic carbocycles. The van der Waals surface area contributed by atoms with Crippen molar-refractivity contribution >= 4 is 0 Å². The Labute approximate surface area is 114 Å². The molecule has 0 aromatic rings. The molecule has 110 valence electrons. The van der Waals surface area contributed by atoms with Crippen LogP contribution in [0.1, 0.15) is 84.5 Å². The molecule has 0 aliphatic heterocycles. The standard InChI is InChI=1S/C16H34O2/c1-3-5-6-7-8-9-10-11-12-13-14-16(15-17)18-4-2/h16-17H,3-15H2,1-2H3. The minimum atomic E-state index is 0.0732. The van der Waals surface area contributed by atoms with Crippen LogP contribution in [-0.4, -0.2) is 24.4 Å². The Morgan fingerprint density at radius 3 is 1.72 bits per heavy atom. The molecule has 18 heavy (non-hydrogen) atoms. The van der Waals surface area contributed by atoms with E-state index >= 15 is 0 Å². The zero-order chi connectivity index (χ0) is 13.5. The van der Waals surface area contributed by atoms with Crippen LogP contribution >= 0.6 is 0 Å². The van der Waals surface area contributed by atoms with Crippen LogP contribution in [0.3, 0.4) is 0 Å². The van der Waals surface area contributed by atoms with Crippen molar-refractivity contribution in [3.8, 4) is 0 Å². The van der Waals surface area contributed by atoms with Gasteiger partial charge in [-0.2, -0.15) is 0 Å². The fourth-order valence-electron chi connectivity index (χ4n) is 2.32. The molecule has 0 aromatic carbocycles. The second kappa shape index (κ2) is 15.0. The first kappa shape index (κ1) is 17.9. The Morgan fingerprint density at radius 2 is 1.28 bits per heavy atom. The number of aliphatic hydroxyl groups is 1. The summed E-state index contributed by atoms with van der Waals surface area (Å²) in [5.74, 6) is 0. The molecule has 0 saturated heterocycles. The average Bonchev–Trinajstić information content (AvgIpc) is 2.39. The van der Waals surface area contributed by atoms with E-state index in [0.29, 0.717) is 6.61 Å². The molecular weight excluding hydrogens is 224 g/mol. The number of aliphatic hydroxyl groups excluding tert-OH is 1. The van der Waals surface area contributed by atoms with Crippen molar-refractivity contribution < 1.29 is 9.84 Å². The van der Waals surface area contributed by atoms with Gasteiger partial charge in [-0.3, -0.25) is 0 Å². The molecule has 0 heterocycles. The molecule has 2 nitrogen and oxygen atoms in total. The van der Waals surface area contributed by atoms with E-state index in [-0.39, 0.29) is 12.7 Å². The maximum atomic E-state index is 9.08. The molecule has 0 fully saturated rings. The lowest BCUT2D eigenvalue weighted by molar-refractivity contribution is 0.0136. The smallest absolute Gasteiger partial charge is 0.0805 e. The third-order valence-electron chi connectivity index (χ3n) is 3.49. The molecule has 0 amide bonds. The summed E-state index contributed by atoms with van der Waals surface area (Å²) in [5.41, 5.74) is 0. The van der Waals surface area contributed by atoms with E-state index in [1.54, 1.807) is 0 Å². The van der Waals surface area contributed by atoms with Gasteiger partial charge in [0.25, 0.3) is 0 Å². The Morgan fingerprint density at radius 1 is 0.778 bits per heavy atom. The minimum Gasteiger partial charge on any atom is -0.394 e.